The highest BCUT2D eigenvalue weighted by Crippen LogP contribution is 2.21. The zero-order chi connectivity index (χ0) is 14.6. The normalized spacial score (nSPS) is 11.6. The molecular formula is C11H16ClN3O3S. The van der Waals surface area contributed by atoms with Crippen LogP contribution in [0.4, 0.5) is 5.69 Å². The maximum atomic E-state index is 11.9. The number of carbonyl (C=O) groups excluding carboxylic acids is 1. The van der Waals surface area contributed by atoms with Crippen molar-refractivity contribution in [3.8, 4) is 0 Å². The van der Waals surface area contributed by atoms with E-state index in [4.69, 9.17) is 17.3 Å². The molecule has 0 atom stereocenters. The minimum atomic E-state index is -3.83. The van der Waals surface area contributed by atoms with Crippen molar-refractivity contribution < 1.29 is 13.2 Å². The van der Waals surface area contributed by atoms with Crippen LogP contribution in [0.15, 0.2) is 23.1 Å². The summed E-state index contributed by atoms with van der Waals surface area (Å²) in [4.78, 5) is 11.3. The lowest BCUT2D eigenvalue weighted by Crippen LogP contribution is -2.39. The third-order valence-corrected chi connectivity index (χ3v) is 3.84. The number of nitrogens with one attached hydrogen (secondary N) is 2. The first kappa shape index (κ1) is 15.7. The summed E-state index contributed by atoms with van der Waals surface area (Å²) in [7, 11) is -3.83. The predicted molar refractivity (Wildman–Crippen MR) is 74.3 cm³/mol. The van der Waals surface area contributed by atoms with Crippen LogP contribution < -0.4 is 15.8 Å². The molecule has 0 bridgehead atoms. The van der Waals surface area contributed by atoms with Crippen molar-refractivity contribution in [1.29, 1.82) is 0 Å². The summed E-state index contributed by atoms with van der Waals surface area (Å²) in [6.45, 7) is 3.22. The molecule has 4 N–H and O–H groups in total. The molecule has 0 heterocycles. The van der Waals surface area contributed by atoms with Crippen LogP contribution in [0.25, 0.3) is 0 Å². The Hall–Kier alpha value is -1.31. The third kappa shape index (κ3) is 4.70. The van der Waals surface area contributed by atoms with Crippen LogP contribution in [0, 0.1) is 0 Å². The highest BCUT2D eigenvalue weighted by atomic mass is 35.5. The van der Waals surface area contributed by atoms with Gasteiger partial charge in [-0.2, -0.15) is 0 Å². The number of rotatable bonds is 5. The van der Waals surface area contributed by atoms with Gasteiger partial charge in [0.2, 0.25) is 15.9 Å². The van der Waals surface area contributed by atoms with Gasteiger partial charge in [0.15, 0.2) is 0 Å². The lowest BCUT2D eigenvalue weighted by molar-refractivity contribution is -0.120. The molecule has 1 aromatic carbocycles. The van der Waals surface area contributed by atoms with Gasteiger partial charge in [-0.25, -0.2) is 13.1 Å². The summed E-state index contributed by atoms with van der Waals surface area (Å²) < 4.78 is 26.1. The van der Waals surface area contributed by atoms with E-state index in [-0.39, 0.29) is 23.2 Å². The lowest BCUT2D eigenvalue weighted by Gasteiger charge is -2.11. The minimum absolute atomic E-state index is 0.0317. The number of nitrogens with two attached hydrogens (primary N) is 1. The molecule has 1 aromatic rings. The maximum absolute atomic E-state index is 11.9. The average Bonchev–Trinajstić information content (AvgIpc) is 2.25. The van der Waals surface area contributed by atoms with Gasteiger partial charge in [-0.05, 0) is 32.0 Å². The quantitative estimate of drug-likeness (QED) is 0.698. The van der Waals surface area contributed by atoms with Gasteiger partial charge in [0.25, 0.3) is 0 Å². The van der Waals surface area contributed by atoms with Gasteiger partial charge < -0.3 is 11.1 Å². The van der Waals surface area contributed by atoms with Gasteiger partial charge in [0, 0.05) is 11.1 Å². The first-order chi connectivity index (χ1) is 8.72. The molecule has 0 fully saturated rings. The van der Waals surface area contributed by atoms with Crippen LogP contribution in [-0.4, -0.2) is 26.9 Å². The number of sulfonamides is 1. The number of anilines is 1. The number of nitrogen functional groups attached to an aromatic ring is 1. The van der Waals surface area contributed by atoms with Crippen LogP contribution in [0.2, 0.25) is 5.02 Å². The van der Waals surface area contributed by atoms with E-state index in [9.17, 15) is 13.2 Å². The molecule has 1 amide bonds. The zero-order valence-electron chi connectivity index (χ0n) is 10.6. The Balaban J connectivity index is 2.79. The standard InChI is InChI=1S/C11H16ClN3O3S/c1-7(2)15-11(16)6-14-19(17,18)10-4-3-8(12)5-9(10)13/h3-5,7,14H,6,13H2,1-2H3,(H,15,16). The molecule has 19 heavy (non-hydrogen) atoms. The Kier molecular flexibility index (Phi) is 5.16. The summed E-state index contributed by atoms with van der Waals surface area (Å²) in [6.07, 6.45) is 0. The Bertz CT molecular complexity index is 573. The van der Waals surface area contributed by atoms with Crippen LogP contribution in [0.1, 0.15) is 13.8 Å². The second kappa shape index (κ2) is 6.23. The Morgan fingerprint density at radius 1 is 1.42 bits per heavy atom. The van der Waals surface area contributed by atoms with E-state index >= 15 is 0 Å². The number of benzene rings is 1. The van der Waals surface area contributed by atoms with E-state index in [0.717, 1.165) is 0 Å². The van der Waals surface area contributed by atoms with E-state index in [0.29, 0.717) is 5.02 Å². The largest absolute Gasteiger partial charge is 0.398 e. The predicted octanol–water partition coefficient (Wildman–Crippen LogP) is 0.725. The molecule has 0 unspecified atom stereocenters. The molecular weight excluding hydrogens is 290 g/mol. The van der Waals surface area contributed by atoms with E-state index in [1.54, 1.807) is 13.8 Å². The van der Waals surface area contributed by atoms with Gasteiger partial charge in [-0.3, -0.25) is 4.79 Å². The molecule has 0 spiro atoms. The van der Waals surface area contributed by atoms with Gasteiger partial charge in [-0.1, -0.05) is 11.6 Å². The fourth-order valence-electron chi connectivity index (χ4n) is 1.38. The summed E-state index contributed by atoms with van der Waals surface area (Å²) in [5.74, 6) is -0.411. The highest BCUT2D eigenvalue weighted by Gasteiger charge is 2.18. The lowest BCUT2D eigenvalue weighted by atomic mass is 10.3. The van der Waals surface area contributed by atoms with Crippen molar-refractivity contribution in [2.24, 2.45) is 0 Å². The highest BCUT2D eigenvalue weighted by molar-refractivity contribution is 7.89. The van der Waals surface area contributed by atoms with Crippen LogP contribution >= 0.6 is 11.6 Å². The maximum Gasteiger partial charge on any atom is 0.243 e. The molecule has 0 radical (unpaired) electrons. The summed E-state index contributed by atoms with van der Waals surface area (Å²) in [5.41, 5.74) is 5.62. The summed E-state index contributed by atoms with van der Waals surface area (Å²) >= 11 is 5.69. The van der Waals surface area contributed by atoms with Gasteiger partial charge in [0.05, 0.1) is 12.2 Å². The molecule has 8 heteroatoms. The number of amides is 1. The first-order valence-corrected chi connectivity index (χ1v) is 7.42. The SMILES string of the molecule is CC(C)NC(=O)CNS(=O)(=O)c1ccc(Cl)cc1N. The topological polar surface area (TPSA) is 101 Å². The molecule has 1 rings (SSSR count). The second-order valence-corrected chi connectivity index (χ2v) is 6.40. The second-order valence-electron chi connectivity index (χ2n) is 4.23. The zero-order valence-corrected chi connectivity index (χ0v) is 12.2. The molecule has 0 saturated carbocycles. The summed E-state index contributed by atoms with van der Waals surface area (Å²) in [6, 6.07) is 3.99. The van der Waals surface area contributed by atoms with Gasteiger partial charge in [-0.15, -0.1) is 0 Å². The van der Waals surface area contributed by atoms with Crippen molar-refractivity contribution in [3.63, 3.8) is 0 Å². The van der Waals surface area contributed by atoms with Crippen molar-refractivity contribution in [2.75, 3.05) is 12.3 Å². The van der Waals surface area contributed by atoms with Crippen LogP contribution in [-0.2, 0) is 14.8 Å². The molecule has 0 aromatic heterocycles. The molecule has 0 aliphatic heterocycles. The number of halogens is 1. The minimum Gasteiger partial charge on any atom is -0.398 e. The van der Waals surface area contributed by atoms with E-state index in [1.165, 1.54) is 18.2 Å². The smallest absolute Gasteiger partial charge is 0.243 e. The van der Waals surface area contributed by atoms with E-state index < -0.39 is 15.9 Å². The molecule has 6 nitrogen and oxygen atoms in total. The molecule has 106 valence electrons. The van der Waals surface area contributed by atoms with Gasteiger partial charge in [0.1, 0.15) is 4.90 Å². The Morgan fingerprint density at radius 3 is 2.58 bits per heavy atom. The Labute approximate surface area is 117 Å². The monoisotopic (exact) mass is 305 g/mol. The third-order valence-electron chi connectivity index (χ3n) is 2.13. The van der Waals surface area contributed by atoms with Crippen molar-refractivity contribution in [3.05, 3.63) is 23.2 Å². The molecule has 0 aliphatic carbocycles. The van der Waals surface area contributed by atoms with Crippen molar-refractivity contribution in [1.82, 2.24) is 10.0 Å². The fourth-order valence-corrected chi connectivity index (χ4v) is 2.65. The van der Waals surface area contributed by atoms with E-state index in [1.807, 2.05) is 0 Å². The summed E-state index contributed by atoms with van der Waals surface area (Å²) in [5, 5.41) is 2.91. The van der Waals surface area contributed by atoms with Crippen molar-refractivity contribution in [2.45, 2.75) is 24.8 Å². The molecule has 0 saturated heterocycles. The van der Waals surface area contributed by atoms with Gasteiger partial charge >= 0.3 is 0 Å². The number of hydrogen-bond acceptors (Lipinski definition) is 4. The first-order valence-electron chi connectivity index (χ1n) is 5.56. The molecule has 0 aliphatic rings. The van der Waals surface area contributed by atoms with Crippen molar-refractivity contribution >= 4 is 33.2 Å². The Morgan fingerprint density at radius 2 is 2.05 bits per heavy atom. The van der Waals surface area contributed by atoms with Crippen LogP contribution in [0.5, 0.6) is 0 Å². The average molecular weight is 306 g/mol. The number of hydrogen-bond donors (Lipinski definition) is 3. The van der Waals surface area contributed by atoms with Crippen LogP contribution in [0.3, 0.4) is 0 Å². The number of carbonyl (C=O) groups is 1. The van der Waals surface area contributed by atoms with E-state index in [2.05, 4.69) is 10.0 Å². The fraction of sp³-hybridized carbons (Fsp3) is 0.364.